The molecule has 1 aliphatic rings. The maximum atomic E-state index is 11.8. The van der Waals surface area contributed by atoms with Gasteiger partial charge in [0.15, 0.2) is 0 Å². The summed E-state index contributed by atoms with van der Waals surface area (Å²) in [6, 6.07) is 9.11. The van der Waals surface area contributed by atoms with Crippen LogP contribution in [0.5, 0.6) is 0 Å². The van der Waals surface area contributed by atoms with E-state index in [4.69, 9.17) is 4.74 Å². The number of ether oxygens (including phenoxy) is 1. The van der Waals surface area contributed by atoms with E-state index < -0.39 is 5.60 Å². The van der Waals surface area contributed by atoms with Crippen LogP contribution < -0.4 is 10.6 Å². The fourth-order valence-electron chi connectivity index (χ4n) is 2.83. The fourth-order valence-corrected chi connectivity index (χ4v) is 2.83. The predicted molar refractivity (Wildman–Crippen MR) is 88.8 cm³/mol. The standard InChI is InChI=1S/C18H28N2O2/c1-13-7-5-6-8-14(13)12-19-15-9-10-16(11-15)20-17(21)22-18(2,3)4/h5-8,15-16,19H,9-12H2,1-4H3,(H,20,21). The van der Waals surface area contributed by atoms with Crippen molar-refractivity contribution in [2.45, 2.75) is 71.2 Å². The zero-order valence-corrected chi connectivity index (χ0v) is 14.1. The van der Waals surface area contributed by atoms with Gasteiger partial charge in [0, 0.05) is 18.6 Å². The first-order valence-corrected chi connectivity index (χ1v) is 8.11. The van der Waals surface area contributed by atoms with Gasteiger partial charge in [0.05, 0.1) is 0 Å². The van der Waals surface area contributed by atoms with Crippen molar-refractivity contribution in [1.82, 2.24) is 10.6 Å². The topological polar surface area (TPSA) is 50.4 Å². The molecular formula is C18H28N2O2. The Labute approximate surface area is 133 Å². The molecule has 0 bridgehead atoms. The smallest absolute Gasteiger partial charge is 0.407 e. The molecule has 1 saturated carbocycles. The molecule has 4 heteroatoms. The Kier molecular flexibility index (Phi) is 5.46. The van der Waals surface area contributed by atoms with Gasteiger partial charge < -0.3 is 15.4 Å². The number of alkyl carbamates (subject to hydrolysis) is 1. The van der Waals surface area contributed by atoms with E-state index in [1.54, 1.807) is 0 Å². The van der Waals surface area contributed by atoms with Crippen molar-refractivity contribution in [2.75, 3.05) is 0 Å². The van der Waals surface area contributed by atoms with Crippen LogP contribution in [-0.4, -0.2) is 23.8 Å². The van der Waals surface area contributed by atoms with Crippen LogP contribution in [0, 0.1) is 6.92 Å². The second-order valence-electron chi connectivity index (χ2n) is 7.16. The highest BCUT2D eigenvalue weighted by Crippen LogP contribution is 2.20. The molecule has 2 atom stereocenters. The molecule has 0 aromatic heterocycles. The third kappa shape index (κ3) is 5.34. The molecule has 0 heterocycles. The first-order valence-electron chi connectivity index (χ1n) is 8.11. The summed E-state index contributed by atoms with van der Waals surface area (Å²) >= 11 is 0. The quantitative estimate of drug-likeness (QED) is 0.894. The van der Waals surface area contributed by atoms with Crippen molar-refractivity contribution in [3.8, 4) is 0 Å². The van der Waals surface area contributed by atoms with Crippen LogP contribution in [0.1, 0.15) is 51.2 Å². The van der Waals surface area contributed by atoms with Crippen molar-refractivity contribution in [1.29, 1.82) is 0 Å². The lowest BCUT2D eigenvalue weighted by atomic mass is 10.1. The number of benzene rings is 1. The van der Waals surface area contributed by atoms with Gasteiger partial charge >= 0.3 is 6.09 Å². The number of nitrogens with one attached hydrogen (secondary N) is 2. The molecule has 0 spiro atoms. The molecule has 4 nitrogen and oxygen atoms in total. The normalized spacial score (nSPS) is 21.6. The molecule has 122 valence electrons. The molecule has 0 aliphatic heterocycles. The minimum absolute atomic E-state index is 0.212. The van der Waals surface area contributed by atoms with Gasteiger partial charge in [-0.15, -0.1) is 0 Å². The molecule has 1 aromatic carbocycles. The van der Waals surface area contributed by atoms with E-state index in [-0.39, 0.29) is 12.1 Å². The molecule has 22 heavy (non-hydrogen) atoms. The van der Waals surface area contributed by atoms with E-state index in [1.807, 2.05) is 20.8 Å². The molecule has 1 aromatic rings. The average Bonchev–Trinajstić information content (AvgIpc) is 2.83. The van der Waals surface area contributed by atoms with Gasteiger partial charge in [-0.1, -0.05) is 24.3 Å². The lowest BCUT2D eigenvalue weighted by molar-refractivity contribution is 0.0505. The van der Waals surface area contributed by atoms with Gasteiger partial charge in [0.25, 0.3) is 0 Å². The second kappa shape index (κ2) is 7.14. The Morgan fingerprint density at radius 1 is 1.23 bits per heavy atom. The summed E-state index contributed by atoms with van der Waals surface area (Å²) in [4.78, 5) is 11.8. The average molecular weight is 304 g/mol. The van der Waals surface area contributed by atoms with Crippen LogP contribution in [-0.2, 0) is 11.3 Å². The second-order valence-corrected chi connectivity index (χ2v) is 7.16. The molecule has 1 fully saturated rings. The maximum absolute atomic E-state index is 11.8. The van der Waals surface area contributed by atoms with Crippen LogP contribution in [0.4, 0.5) is 4.79 Å². The molecule has 2 rings (SSSR count). The van der Waals surface area contributed by atoms with Crippen LogP contribution >= 0.6 is 0 Å². The summed E-state index contributed by atoms with van der Waals surface area (Å²) in [5.41, 5.74) is 2.22. The highest BCUT2D eigenvalue weighted by atomic mass is 16.6. The van der Waals surface area contributed by atoms with E-state index >= 15 is 0 Å². The van der Waals surface area contributed by atoms with Gasteiger partial charge in [-0.3, -0.25) is 0 Å². The van der Waals surface area contributed by atoms with Gasteiger partial charge in [0.1, 0.15) is 5.60 Å². The molecule has 0 saturated heterocycles. The Bertz CT molecular complexity index is 508. The number of hydrogen-bond acceptors (Lipinski definition) is 3. The molecule has 2 N–H and O–H groups in total. The Morgan fingerprint density at radius 2 is 1.91 bits per heavy atom. The van der Waals surface area contributed by atoms with Gasteiger partial charge in [0.2, 0.25) is 0 Å². The minimum atomic E-state index is -0.439. The van der Waals surface area contributed by atoms with Crippen LogP contribution in [0.25, 0.3) is 0 Å². The molecule has 2 unspecified atom stereocenters. The third-order valence-corrected chi connectivity index (χ3v) is 4.00. The first-order chi connectivity index (χ1) is 10.3. The zero-order chi connectivity index (χ0) is 16.2. The van der Waals surface area contributed by atoms with Crippen molar-refractivity contribution in [2.24, 2.45) is 0 Å². The summed E-state index contributed by atoms with van der Waals surface area (Å²) < 4.78 is 5.31. The number of hydrogen-bond donors (Lipinski definition) is 2. The summed E-state index contributed by atoms with van der Waals surface area (Å²) in [6.07, 6.45) is 2.75. The number of amides is 1. The van der Waals surface area contributed by atoms with E-state index in [2.05, 4.69) is 41.8 Å². The Balaban J connectivity index is 1.74. The molecular weight excluding hydrogens is 276 g/mol. The highest BCUT2D eigenvalue weighted by molar-refractivity contribution is 5.68. The Morgan fingerprint density at radius 3 is 2.59 bits per heavy atom. The number of carbonyl (C=O) groups excluding carboxylic acids is 1. The van der Waals surface area contributed by atoms with E-state index in [9.17, 15) is 4.79 Å². The summed E-state index contributed by atoms with van der Waals surface area (Å²) in [7, 11) is 0. The molecule has 0 radical (unpaired) electrons. The first kappa shape index (κ1) is 16.8. The van der Waals surface area contributed by atoms with Gasteiger partial charge in [-0.2, -0.15) is 0 Å². The van der Waals surface area contributed by atoms with Gasteiger partial charge in [-0.05, 0) is 58.1 Å². The number of carbonyl (C=O) groups is 1. The van der Waals surface area contributed by atoms with Crippen molar-refractivity contribution >= 4 is 6.09 Å². The molecule has 1 aliphatic carbocycles. The highest BCUT2D eigenvalue weighted by Gasteiger charge is 2.27. The summed E-state index contributed by atoms with van der Waals surface area (Å²) in [5.74, 6) is 0. The largest absolute Gasteiger partial charge is 0.444 e. The van der Waals surface area contributed by atoms with E-state index in [0.29, 0.717) is 6.04 Å². The number of aryl methyl sites for hydroxylation is 1. The van der Waals surface area contributed by atoms with Crippen molar-refractivity contribution in [3.63, 3.8) is 0 Å². The minimum Gasteiger partial charge on any atom is -0.444 e. The zero-order valence-electron chi connectivity index (χ0n) is 14.1. The Hall–Kier alpha value is -1.55. The van der Waals surface area contributed by atoms with Crippen LogP contribution in [0.15, 0.2) is 24.3 Å². The maximum Gasteiger partial charge on any atom is 0.407 e. The monoisotopic (exact) mass is 304 g/mol. The summed E-state index contributed by atoms with van der Waals surface area (Å²) in [5, 5.41) is 6.57. The lowest BCUT2D eigenvalue weighted by Crippen LogP contribution is -2.39. The van der Waals surface area contributed by atoms with Crippen LogP contribution in [0.3, 0.4) is 0 Å². The van der Waals surface area contributed by atoms with E-state index in [0.717, 1.165) is 25.8 Å². The third-order valence-electron chi connectivity index (χ3n) is 4.00. The van der Waals surface area contributed by atoms with Crippen LogP contribution in [0.2, 0.25) is 0 Å². The lowest BCUT2D eigenvalue weighted by Gasteiger charge is -2.22. The summed E-state index contributed by atoms with van der Waals surface area (Å²) in [6.45, 7) is 8.67. The molecule has 1 amide bonds. The number of rotatable bonds is 4. The SMILES string of the molecule is Cc1ccccc1CNC1CCC(NC(=O)OC(C)(C)C)C1. The van der Waals surface area contributed by atoms with Crippen molar-refractivity contribution < 1.29 is 9.53 Å². The van der Waals surface area contributed by atoms with Crippen molar-refractivity contribution in [3.05, 3.63) is 35.4 Å². The fraction of sp³-hybridized carbons (Fsp3) is 0.611. The predicted octanol–water partition coefficient (Wildman–Crippen LogP) is 3.53. The van der Waals surface area contributed by atoms with E-state index in [1.165, 1.54) is 11.1 Å². The van der Waals surface area contributed by atoms with Gasteiger partial charge in [-0.25, -0.2) is 4.79 Å².